The number of H-pyrrole nitrogens is 1. The Labute approximate surface area is 121 Å². The van der Waals surface area contributed by atoms with Crippen LogP contribution in [0.3, 0.4) is 0 Å². The number of amides is 1. The van der Waals surface area contributed by atoms with Crippen molar-refractivity contribution in [3.8, 4) is 5.69 Å². The monoisotopic (exact) mass is 282 g/mol. The van der Waals surface area contributed by atoms with Gasteiger partial charge in [0.15, 0.2) is 5.69 Å². The highest BCUT2D eigenvalue weighted by Crippen LogP contribution is 2.09. The third kappa shape index (κ3) is 2.81. The highest BCUT2D eigenvalue weighted by molar-refractivity contribution is 5.92. The van der Waals surface area contributed by atoms with Gasteiger partial charge >= 0.3 is 0 Å². The second-order valence-corrected chi connectivity index (χ2v) is 4.57. The van der Waals surface area contributed by atoms with Gasteiger partial charge in [0.2, 0.25) is 0 Å². The first-order chi connectivity index (χ1) is 10.2. The lowest BCUT2D eigenvalue weighted by atomic mass is 10.3. The molecule has 0 spiro atoms. The van der Waals surface area contributed by atoms with Gasteiger partial charge in [0.1, 0.15) is 12.2 Å². The van der Waals surface area contributed by atoms with E-state index in [4.69, 9.17) is 0 Å². The fraction of sp³-hybridized carbons (Fsp3) is 0.143. The van der Waals surface area contributed by atoms with Gasteiger partial charge in [0, 0.05) is 13.2 Å². The van der Waals surface area contributed by atoms with Crippen molar-refractivity contribution < 1.29 is 4.79 Å². The molecule has 0 fully saturated rings. The summed E-state index contributed by atoms with van der Waals surface area (Å²) in [6, 6.07) is 11.3. The van der Waals surface area contributed by atoms with Crippen LogP contribution >= 0.6 is 0 Å². The Kier molecular flexibility index (Phi) is 3.46. The Bertz CT molecular complexity index is 719. The standard InChI is InChI=1S/C14H14N6O/c1-19(9-13-15-10-16-17-13)14(21)12-7-8-20(18-12)11-5-3-2-4-6-11/h2-8,10H,9H2,1H3,(H,15,16,17). The molecule has 1 aromatic carbocycles. The predicted molar refractivity (Wildman–Crippen MR) is 75.7 cm³/mol. The van der Waals surface area contributed by atoms with E-state index in [9.17, 15) is 4.79 Å². The van der Waals surface area contributed by atoms with Crippen LogP contribution in [0.2, 0.25) is 0 Å². The van der Waals surface area contributed by atoms with Crippen molar-refractivity contribution in [3.05, 3.63) is 60.4 Å². The fourth-order valence-corrected chi connectivity index (χ4v) is 1.96. The molecule has 1 N–H and O–H groups in total. The molecule has 0 atom stereocenters. The minimum absolute atomic E-state index is 0.166. The molecule has 0 bridgehead atoms. The average Bonchev–Trinajstić information content (AvgIpc) is 3.18. The van der Waals surface area contributed by atoms with E-state index in [0.29, 0.717) is 18.1 Å². The van der Waals surface area contributed by atoms with Gasteiger partial charge in [-0.1, -0.05) is 18.2 Å². The van der Waals surface area contributed by atoms with E-state index in [1.165, 1.54) is 11.2 Å². The molecule has 2 aromatic heterocycles. The number of benzene rings is 1. The zero-order valence-corrected chi connectivity index (χ0v) is 11.5. The van der Waals surface area contributed by atoms with Gasteiger partial charge < -0.3 is 4.90 Å². The summed E-state index contributed by atoms with van der Waals surface area (Å²) in [7, 11) is 1.70. The van der Waals surface area contributed by atoms with Crippen molar-refractivity contribution in [2.75, 3.05) is 7.05 Å². The van der Waals surface area contributed by atoms with Gasteiger partial charge in [0.05, 0.1) is 12.2 Å². The summed E-state index contributed by atoms with van der Waals surface area (Å²) in [5, 5.41) is 10.8. The largest absolute Gasteiger partial charge is 0.333 e. The summed E-state index contributed by atoms with van der Waals surface area (Å²) in [4.78, 5) is 17.8. The highest BCUT2D eigenvalue weighted by Gasteiger charge is 2.16. The molecular formula is C14H14N6O. The molecule has 3 rings (SSSR count). The summed E-state index contributed by atoms with van der Waals surface area (Å²) in [5.41, 5.74) is 1.30. The van der Waals surface area contributed by atoms with E-state index in [1.807, 2.05) is 30.3 Å². The summed E-state index contributed by atoms with van der Waals surface area (Å²) in [6.45, 7) is 0.358. The molecule has 0 saturated carbocycles. The van der Waals surface area contributed by atoms with E-state index < -0.39 is 0 Å². The van der Waals surface area contributed by atoms with Gasteiger partial charge in [-0.15, -0.1) is 0 Å². The van der Waals surface area contributed by atoms with Gasteiger partial charge in [-0.2, -0.15) is 10.2 Å². The van der Waals surface area contributed by atoms with E-state index >= 15 is 0 Å². The number of nitrogens with zero attached hydrogens (tertiary/aromatic N) is 5. The van der Waals surface area contributed by atoms with Crippen molar-refractivity contribution in [2.45, 2.75) is 6.54 Å². The lowest BCUT2D eigenvalue weighted by molar-refractivity contribution is 0.0775. The third-order valence-corrected chi connectivity index (χ3v) is 3.03. The van der Waals surface area contributed by atoms with Gasteiger partial charge in [-0.3, -0.25) is 9.89 Å². The first-order valence-corrected chi connectivity index (χ1v) is 6.45. The Balaban J connectivity index is 1.75. The molecule has 0 aliphatic carbocycles. The van der Waals surface area contributed by atoms with Crippen LogP contribution in [0.25, 0.3) is 5.69 Å². The maximum atomic E-state index is 12.3. The molecule has 0 aliphatic heterocycles. The van der Waals surface area contributed by atoms with E-state index in [-0.39, 0.29) is 5.91 Å². The Hall–Kier alpha value is -2.96. The number of aromatic nitrogens is 5. The molecular weight excluding hydrogens is 268 g/mol. The predicted octanol–water partition coefficient (Wildman–Crippen LogP) is 1.26. The fourth-order valence-electron chi connectivity index (χ4n) is 1.96. The number of nitrogens with one attached hydrogen (secondary N) is 1. The third-order valence-electron chi connectivity index (χ3n) is 3.03. The number of carbonyl (C=O) groups excluding carboxylic acids is 1. The van der Waals surface area contributed by atoms with Crippen LogP contribution in [0, 0.1) is 0 Å². The van der Waals surface area contributed by atoms with Crippen molar-refractivity contribution >= 4 is 5.91 Å². The van der Waals surface area contributed by atoms with E-state index in [1.54, 1.807) is 24.0 Å². The molecule has 106 valence electrons. The summed E-state index contributed by atoms with van der Waals surface area (Å²) in [6.07, 6.45) is 3.18. The first-order valence-electron chi connectivity index (χ1n) is 6.45. The summed E-state index contributed by atoms with van der Waals surface area (Å²) in [5.74, 6) is 0.467. The lowest BCUT2D eigenvalue weighted by Crippen LogP contribution is -2.27. The normalized spacial score (nSPS) is 10.5. The summed E-state index contributed by atoms with van der Waals surface area (Å²) >= 11 is 0. The number of aromatic amines is 1. The van der Waals surface area contributed by atoms with Gasteiger partial charge in [-0.25, -0.2) is 9.67 Å². The highest BCUT2D eigenvalue weighted by atomic mass is 16.2. The second-order valence-electron chi connectivity index (χ2n) is 4.57. The smallest absolute Gasteiger partial charge is 0.274 e. The molecule has 21 heavy (non-hydrogen) atoms. The van der Waals surface area contributed by atoms with Crippen molar-refractivity contribution in [1.82, 2.24) is 29.9 Å². The van der Waals surface area contributed by atoms with E-state index in [0.717, 1.165) is 5.69 Å². The van der Waals surface area contributed by atoms with Crippen LogP contribution in [0.4, 0.5) is 0 Å². The Morgan fingerprint density at radius 2 is 2.10 bits per heavy atom. The SMILES string of the molecule is CN(Cc1ncn[nH]1)C(=O)c1ccn(-c2ccccc2)n1. The zero-order chi connectivity index (χ0) is 14.7. The molecule has 2 heterocycles. The number of hydrogen-bond donors (Lipinski definition) is 1. The van der Waals surface area contributed by atoms with Crippen molar-refractivity contribution in [1.29, 1.82) is 0 Å². The molecule has 0 saturated heterocycles. The van der Waals surface area contributed by atoms with Crippen molar-refractivity contribution in [2.24, 2.45) is 0 Å². The molecule has 0 unspecified atom stereocenters. The lowest BCUT2D eigenvalue weighted by Gasteiger charge is -2.13. The maximum Gasteiger partial charge on any atom is 0.274 e. The topological polar surface area (TPSA) is 79.7 Å². The average molecular weight is 282 g/mol. The Morgan fingerprint density at radius 1 is 1.29 bits per heavy atom. The molecule has 7 nitrogen and oxygen atoms in total. The number of para-hydroxylation sites is 1. The molecule has 1 amide bonds. The van der Waals surface area contributed by atoms with Crippen LogP contribution in [0.15, 0.2) is 48.9 Å². The Morgan fingerprint density at radius 3 is 2.81 bits per heavy atom. The van der Waals surface area contributed by atoms with Crippen molar-refractivity contribution in [3.63, 3.8) is 0 Å². The zero-order valence-electron chi connectivity index (χ0n) is 11.5. The number of rotatable bonds is 4. The van der Waals surface area contributed by atoms with Crippen LogP contribution in [0.5, 0.6) is 0 Å². The summed E-state index contributed by atoms with van der Waals surface area (Å²) < 4.78 is 1.68. The van der Waals surface area contributed by atoms with Crippen LogP contribution in [0.1, 0.15) is 16.3 Å². The second kappa shape index (κ2) is 5.58. The minimum Gasteiger partial charge on any atom is -0.333 e. The first kappa shape index (κ1) is 13.0. The van der Waals surface area contributed by atoms with E-state index in [2.05, 4.69) is 20.3 Å². The van der Waals surface area contributed by atoms with Gasteiger partial charge in [0.25, 0.3) is 5.91 Å². The number of hydrogen-bond acceptors (Lipinski definition) is 4. The van der Waals surface area contributed by atoms with Crippen LogP contribution < -0.4 is 0 Å². The minimum atomic E-state index is -0.166. The maximum absolute atomic E-state index is 12.3. The van der Waals surface area contributed by atoms with Gasteiger partial charge in [-0.05, 0) is 18.2 Å². The quantitative estimate of drug-likeness (QED) is 0.781. The van der Waals surface area contributed by atoms with Crippen LogP contribution in [-0.4, -0.2) is 42.8 Å². The molecule has 0 aliphatic rings. The number of carbonyl (C=O) groups is 1. The molecule has 3 aromatic rings. The molecule has 0 radical (unpaired) electrons. The van der Waals surface area contributed by atoms with Crippen LogP contribution in [-0.2, 0) is 6.54 Å². The molecule has 7 heteroatoms.